The van der Waals surface area contributed by atoms with Crippen LogP contribution in [0.2, 0.25) is 0 Å². The van der Waals surface area contributed by atoms with E-state index in [0.717, 1.165) is 25.7 Å². The fourth-order valence-corrected chi connectivity index (χ4v) is 9.23. The number of fused-ring (bicyclic) bond motifs is 5. The van der Waals surface area contributed by atoms with Gasteiger partial charge in [0.25, 0.3) is 0 Å². The highest BCUT2D eigenvalue weighted by Gasteiger charge is 2.63. The van der Waals surface area contributed by atoms with Gasteiger partial charge in [-0.05, 0) is 90.8 Å². The van der Waals surface area contributed by atoms with E-state index in [1.165, 1.54) is 0 Å². The van der Waals surface area contributed by atoms with Gasteiger partial charge in [-0.15, -0.1) is 0 Å². The molecule has 0 spiro atoms. The quantitative estimate of drug-likeness (QED) is 0.496. The maximum absolute atomic E-state index is 13.3. The van der Waals surface area contributed by atoms with Gasteiger partial charge in [-0.3, -0.25) is 4.79 Å². The normalized spacial score (nSPS) is 49.1. The highest BCUT2D eigenvalue weighted by molar-refractivity contribution is 5.83. The lowest BCUT2D eigenvalue weighted by Gasteiger charge is -2.61. The summed E-state index contributed by atoms with van der Waals surface area (Å²) in [5.74, 6) is 2.05. The molecule has 33 heavy (non-hydrogen) atoms. The summed E-state index contributed by atoms with van der Waals surface area (Å²) in [7, 11) is 0. The monoisotopic (exact) mass is 464 g/mol. The van der Waals surface area contributed by atoms with E-state index in [2.05, 4.69) is 34.6 Å². The second-order valence-corrected chi connectivity index (χ2v) is 13.4. The number of aliphatic hydroxyl groups is 4. The molecule has 0 aromatic heterocycles. The number of aliphatic hydroxyl groups excluding tert-OH is 4. The van der Waals surface area contributed by atoms with Crippen molar-refractivity contribution in [2.75, 3.05) is 0 Å². The van der Waals surface area contributed by atoms with Crippen molar-refractivity contribution in [3.8, 4) is 0 Å². The number of rotatable bonds is 5. The second kappa shape index (κ2) is 8.87. The summed E-state index contributed by atoms with van der Waals surface area (Å²) in [6, 6.07) is 0. The fourth-order valence-electron chi connectivity index (χ4n) is 9.23. The molecule has 0 aromatic rings. The second-order valence-electron chi connectivity index (χ2n) is 13.4. The predicted octanol–water partition coefficient (Wildman–Crippen LogP) is 3.81. The maximum Gasteiger partial charge on any atom is 0.136 e. The van der Waals surface area contributed by atoms with Gasteiger partial charge in [0, 0.05) is 12.3 Å². The van der Waals surface area contributed by atoms with E-state index in [1.807, 2.05) is 6.92 Å². The average Bonchev–Trinajstić information content (AvgIpc) is 3.10. The van der Waals surface area contributed by atoms with Crippen molar-refractivity contribution in [3.05, 3.63) is 0 Å². The van der Waals surface area contributed by atoms with Crippen molar-refractivity contribution >= 4 is 5.78 Å². The first-order valence-corrected chi connectivity index (χ1v) is 13.6. The molecule has 0 unspecified atom stereocenters. The van der Waals surface area contributed by atoms with Gasteiger partial charge < -0.3 is 20.4 Å². The van der Waals surface area contributed by atoms with Gasteiger partial charge in [0.1, 0.15) is 5.78 Å². The Bertz CT molecular complexity index is 738. The van der Waals surface area contributed by atoms with Crippen molar-refractivity contribution in [1.29, 1.82) is 0 Å². The number of ketones is 1. The highest BCUT2D eigenvalue weighted by Crippen LogP contribution is 2.67. The average molecular weight is 465 g/mol. The van der Waals surface area contributed by atoms with Crippen LogP contribution >= 0.6 is 0 Å². The standard InChI is InChI=1S/C28H48O5/c1-14(2)15(3)25(32)26(33)16(4)18-7-8-19-17-11-22(29)21-12-23(30)24(31)13-28(21,6)20(17)9-10-27(18,19)5/h14-21,23-26,30-33H,7-13H2,1-6H3/t15-,16-,17-,18+,19-,20-,21+,23+,24+,25+,26+,27-,28+/m0/s1. The number of hydrogen-bond donors (Lipinski definition) is 4. The minimum atomic E-state index is -0.782. The van der Waals surface area contributed by atoms with Crippen molar-refractivity contribution in [3.63, 3.8) is 0 Å². The van der Waals surface area contributed by atoms with Crippen LogP contribution in [-0.4, -0.2) is 50.6 Å². The lowest BCUT2D eigenvalue weighted by molar-refractivity contribution is -0.175. The lowest BCUT2D eigenvalue weighted by atomic mass is 9.44. The Labute approximate surface area is 200 Å². The van der Waals surface area contributed by atoms with Crippen LogP contribution < -0.4 is 0 Å². The summed E-state index contributed by atoms with van der Waals surface area (Å²) in [4.78, 5) is 13.3. The third-order valence-electron chi connectivity index (χ3n) is 11.7. The van der Waals surface area contributed by atoms with Crippen LogP contribution in [0, 0.1) is 58.2 Å². The van der Waals surface area contributed by atoms with Gasteiger partial charge in [0.15, 0.2) is 0 Å². The maximum atomic E-state index is 13.3. The summed E-state index contributed by atoms with van der Waals surface area (Å²) in [5.41, 5.74) is -0.162. The Hall–Kier alpha value is -0.490. The van der Waals surface area contributed by atoms with E-state index < -0.39 is 24.4 Å². The largest absolute Gasteiger partial charge is 0.390 e. The van der Waals surface area contributed by atoms with Crippen LogP contribution in [0.5, 0.6) is 0 Å². The molecule has 0 aliphatic heterocycles. The van der Waals surface area contributed by atoms with E-state index in [-0.39, 0.29) is 34.4 Å². The SMILES string of the molecule is CC(C)[C@H](C)[C@@H](O)[C@H](O)[C@@H](C)[C@H]1CC[C@H]2[C@@H]3CC(=O)[C@H]4C[C@@H](O)[C@H](O)C[C@]4(C)[C@H]3CC[C@@]12C. The first-order chi connectivity index (χ1) is 15.3. The Kier molecular flexibility index (Phi) is 6.88. The first-order valence-electron chi connectivity index (χ1n) is 13.6. The molecule has 4 N–H and O–H groups in total. The van der Waals surface area contributed by atoms with Crippen LogP contribution in [0.15, 0.2) is 0 Å². The molecular weight excluding hydrogens is 416 g/mol. The molecule has 5 heteroatoms. The number of hydrogen-bond acceptors (Lipinski definition) is 5. The van der Waals surface area contributed by atoms with E-state index >= 15 is 0 Å². The summed E-state index contributed by atoms with van der Waals surface area (Å²) in [6.45, 7) is 12.9. The van der Waals surface area contributed by atoms with E-state index in [4.69, 9.17) is 0 Å². The molecular formula is C28H48O5. The van der Waals surface area contributed by atoms with Gasteiger partial charge in [-0.25, -0.2) is 0 Å². The molecule has 0 bridgehead atoms. The molecule has 0 heterocycles. The molecule has 4 aliphatic rings. The molecule has 5 nitrogen and oxygen atoms in total. The smallest absolute Gasteiger partial charge is 0.136 e. The molecule has 4 rings (SSSR count). The minimum Gasteiger partial charge on any atom is -0.390 e. The molecule has 4 saturated carbocycles. The zero-order valence-electron chi connectivity index (χ0n) is 21.6. The molecule has 4 aliphatic carbocycles. The number of Topliss-reactive ketones (excluding diaryl/α,β-unsaturated/α-hetero) is 1. The lowest BCUT2D eigenvalue weighted by Crippen LogP contribution is -2.59. The molecule has 13 atom stereocenters. The number of carbonyl (C=O) groups is 1. The van der Waals surface area contributed by atoms with Crippen molar-refractivity contribution < 1.29 is 25.2 Å². The Morgan fingerprint density at radius 1 is 0.879 bits per heavy atom. The summed E-state index contributed by atoms with van der Waals surface area (Å²) >= 11 is 0. The van der Waals surface area contributed by atoms with Crippen LogP contribution in [0.1, 0.15) is 86.5 Å². The molecule has 0 saturated heterocycles. The summed E-state index contributed by atoms with van der Waals surface area (Å²) < 4.78 is 0. The van der Waals surface area contributed by atoms with E-state index in [0.29, 0.717) is 48.9 Å². The van der Waals surface area contributed by atoms with Crippen molar-refractivity contribution in [2.24, 2.45) is 58.2 Å². The summed E-state index contributed by atoms with van der Waals surface area (Å²) in [6.07, 6.45) is 2.80. The van der Waals surface area contributed by atoms with Crippen molar-refractivity contribution in [1.82, 2.24) is 0 Å². The third kappa shape index (κ3) is 3.93. The van der Waals surface area contributed by atoms with Crippen LogP contribution in [0.4, 0.5) is 0 Å². The van der Waals surface area contributed by atoms with Gasteiger partial charge in [0.2, 0.25) is 0 Å². The van der Waals surface area contributed by atoms with Gasteiger partial charge in [-0.2, -0.15) is 0 Å². The van der Waals surface area contributed by atoms with Crippen LogP contribution in [-0.2, 0) is 4.79 Å². The minimum absolute atomic E-state index is 0.0158. The Morgan fingerprint density at radius 3 is 2.15 bits per heavy atom. The van der Waals surface area contributed by atoms with Crippen LogP contribution in [0.25, 0.3) is 0 Å². The third-order valence-corrected chi connectivity index (χ3v) is 11.7. The Balaban J connectivity index is 1.56. The van der Waals surface area contributed by atoms with Gasteiger partial charge in [0.05, 0.1) is 24.4 Å². The molecule has 0 amide bonds. The predicted molar refractivity (Wildman–Crippen MR) is 128 cm³/mol. The van der Waals surface area contributed by atoms with E-state index in [9.17, 15) is 25.2 Å². The molecule has 190 valence electrons. The van der Waals surface area contributed by atoms with Gasteiger partial charge >= 0.3 is 0 Å². The summed E-state index contributed by atoms with van der Waals surface area (Å²) in [5, 5.41) is 42.8. The number of carbonyl (C=O) groups excluding carboxylic acids is 1. The highest BCUT2D eigenvalue weighted by atomic mass is 16.3. The van der Waals surface area contributed by atoms with Crippen molar-refractivity contribution in [2.45, 2.75) is 111 Å². The molecule has 0 aromatic carbocycles. The zero-order chi connectivity index (χ0) is 24.5. The molecule has 0 radical (unpaired) electrons. The Morgan fingerprint density at radius 2 is 1.52 bits per heavy atom. The van der Waals surface area contributed by atoms with Gasteiger partial charge in [-0.1, -0.05) is 41.5 Å². The molecule has 4 fully saturated rings. The van der Waals surface area contributed by atoms with Crippen LogP contribution in [0.3, 0.4) is 0 Å². The van der Waals surface area contributed by atoms with E-state index in [1.54, 1.807) is 0 Å². The first kappa shape index (κ1) is 25.6. The zero-order valence-corrected chi connectivity index (χ0v) is 21.6. The fraction of sp³-hybridized carbons (Fsp3) is 0.964. The topological polar surface area (TPSA) is 98.0 Å².